The van der Waals surface area contributed by atoms with E-state index in [4.69, 9.17) is 0 Å². The number of carbonyl (C=O) groups excluding carboxylic acids is 1. The van der Waals surface area contributed by atoms with Crippen LogP contribution in [0.3, 0.4) is 0 Å². The minimum atomic E-state index is -0.870. The summed E-state index contributed by atoms with van der Waals surface area (Å²) in [7, 11) is 0. The molecule has 2 N–H and O–H groups in total. The van der Waals surface area contributed by atoms with Crippen molar-refractivity contribution >= 4 is 23.2 Å². The Kier molecular flexibility index (Phi) is 6.11. The van der Waals surface area contributed by atoms with Crippen LogP contribution in [-0.4, -0.2) is 28.5 Å². The van der Waals surface area contributed by atoms with Crippen LogP contribution in [0.15, 0.2) is 0 Å². The Morgan fingerprint density at radius 1 is 1.32 bits per heavy atom. The summed E-state index contributed by atoms with van der Waals surface area (Å²) in [6, 6.07) is 0. The third-order valence-electron chi connectivity index (χ3n) is 3.26. The Labute approximate surface area is 136 Å². The summed E-state index contributed by atoms with van der Waals surface area (Å²) in [6.07, 6.45) is 0.546. The van der Waals surface area contributed by atoms with Gasteiger partial charge in [0.05, 0.1) is 16.6 Å². The number of nitrogens with zero attached hydrogens (tertiary/aromatic N) is 1. The fourth-order valence-electron chi connectivity index (χ4n) is 2.06. The molecular weight excluding hydrogens is 300 g/mol. The monoisotopic (exact) mass is 326 g/mol. The summed E-state index contributed by atoms with van der Waals surface area (Å²) >= 11 is 1.38. The zero-order chi connectivity index (χ0) is 17.1. The van der Waals surface area contributed by atoms with Gasteiger partial charge in [-0.3, -0.25) is 9.59 Å². The molecule has 0 bridgehead atoms. The molecule has 0 aliphatic heterocycles. The van der Waals surface area contributed by atoms with Crippen molar-refractivity contribution in [2.75, 3.05) is 6.54 Å². The highest BCUT2D eigenvalue weighted by Gasteiger charge is 2.24. The molecule has 0 saturated carbocycles. The van der Waals surface area contributed by atoms with Crippen molar-refractivity contribution in [3.8, 4) is 0 Å². The van der Waals surface area contributed by atoms with Crippen LogP contribution < -0.4 is 5.32 Å². The van der Waals surface area contributed by atoms with Gasteiger partial charge in [0.15, 0.2) is 0 Å². The predicted octanol–water partition coefficient (Wildman–Crippen LogP) is 3.23. The molecule has 1 aromatic heterocycles. The van der Waals surface area contributed by atoms with E-state index in [1.54, 1.807) is 0 Å². The van der Waals surface area contributed by atoms with E-state index in [1.165, 1.54) is 11.3 Å². The van der Waals surface area contributed by atoms with Gasteiger partial charge in [-0.1, -0.05) is 34.6 Å². The lowest BCUT2D eigenvalue weighted by atomic mass is 9.97. The minimum Gasteiger partial charge on any atom is -0.481 e. The molecule has 0 fully saturated rings. The molecular formula is C16H26N2O3S. The molecule has 1 unspecified atom stereocenters. The Balaban J connectivity index is 2.77. The number of hydrogen-bond donors (Lipinski definition) is 2. The summed E-state index contributed by atoms with van der Waals surface area (Å²) < 4.78 is 0. The molecule has 0 radical (unpaired) electrons. The molecule has 1 aromatic rings. The number of thiazole rings is 1. The van der Waals surface area contributed by atoms with Crippen molar-refractivity contribution in [1.29, 1.82) is 0 Å². The number of aryl methyl sites for hydroxylation is 1. The van der Waals surface area contributed by atoms with Gasteiger partial charge in [-0.05, 0) is 19.3 Å². The number of aliphatic carboxylic acids is 1. The Morgan fingerprint density at radius 2 is 1.91 bits per heavy atom. The van der Waals surface area contributed by atoms with Gasteiger partial charge in [0.1, 0.15) is 4.88 Å². The van der Waals surface area contributed by atoms with Crippen LogP contribution in [0, 0.1) is 18.8 Å². The molecule has 22 heavy (non-hydrogen) atoms. The van der Waals surface area contributed by atoms with Crippen LogP contribution in [0.2, 0.25) is 0 Å². The number of nitrogens with one attached hydrogen (secondary N) is 1. The van der Waals surface area contributed by atoms with Crippen molar-refractivity contribution in [2.45, 2.75) is 53.4 Å². The number of carboxylic acids is 1. The zero-order valence-corrected chi connectivity index (χ0v) is 15.0. The van der Waals surface area contributed by atoms with Crippen LogP contribution in [-0.2, 0) is 10.2 Å². The fourth-order valence-corrected chi connectivity index (χ4v) is 3.10. The van der Waals surface area contributed by atoms with Crippen LogP contribution >= 0.6 is 11.3 Å². The van der Waals surface area contributed by atoms with Gasteiger partial charge in [-0.2, -0.15) is 0 Å². The normalized spacial score (nSPS) is 13.2. The molecule has 1 amide bonds. The second-order valence-electron chi connectivity index (χ2n) is 7.06. The van der Waals surface area contributed by atoms with Crippen LogP contribution in [0.5, 0.6) is 0 Å². The molecule has 0 spiro atoms. The number of aromatic nitrogens is 1. The molecule has 1 rings (SSSR count). The lowest BCUT2D eigenvalue weighted by molar-refractivity contribution is -0.142. The van der Waals surface area contributed by atoms with E-state index in [0.29, 0.717) is 17.0 Å². The minimum absolute atomic E-state index is 0.102. The van der Waals surface area contributed by atoms with E-state index in [1.807, 2.05) is 20.8 Å². The SMILES string of the molecule is Cc1nc(C(C)(C)C)sc1C(=O)NCC(CC(C)C)C(=O)O. The average Bonchev–Trinajstić information content (AvgIpc) is 2.75. The summed E-state index contributed by atoms with van der Waals surface area (Å²) in [4.78, 5) is 28.5. The Hall–Kier alpha value is -1.43. The number of carbonyl (C=O) groups is 2. The van der Waals surface area contributed by atoms with Crippen molar-refractivity contribution < 1.29 is 14.7 Å². The number of carboxylic acid groups (broad SMARTS) is 1. The first kappa shape index (κ1) is 18.6. The second-order valence-corrected chi connectivity index (χ2v) is 8.06. The van der Waals surface area contributed by atoms with Crippen LogP contribution in [0.4, 0.5) is 0 Å². The number of rotatable bonds is 6. The lowest BCUT2D eigenvalue weighted by Crippen LogP contribution is -2.33. The van der Waals surface area contributed by atoms with Gasteiger partial charge in [-0.25, -0.2) is 4.98 Å². The lowest BCUT2D eigenvalue weighted by Gasteiger charge is -2.15. The molecule has 124 valence electrons. The van der Waals surface area contributed by atoms with Crippen LogP contribution in [0.1, 0.15) is 61.4 Å². The highest BCUT2D eigenvalue weighted by Crippen LogP contribution is 2.29. The van der Waals surface area contributed by atoms with Crippen molar-refractivity contribution in [3.05, 3.63) is 15.6 Å². The molecule has 1 heterocycles. The molecule has 1 atom stereocenters. The van der Waals surface area contributed by atoms with Gasteiger partial charge in [-0.15, -0.1) is 11.3 Å². The molecule has 0 aromatic carbocycles. The first-order chi connectivity index (χ1) is 10.0. The topological polar surface area (TPSA) is 79.3 Å². The van der Waals surface area contributed by atoms with Gasteiger partial charge in [0.2, 0.25) is 0 Å². The Bertz CT molecular complexity index is 544. The predicted molar refractivity (Wildman–Crippen MR) is 88.5 cm³/mol. The van der Waals surface area contributed by atoms with E-state index < -0.39 is 11.9 Å². The van der Waals surface area contributed by atoms with Gasteiger partial charge < -0.3 is 10.4 Å². The zero-order valence-electron chi connectivity index (χ0n) is 14.2. The van der Waals surface area contributed by atoms with Gasteiger partial charge in [0.25, 0.3) is 5.91 Å². The maximum atomic E-state index is 12.3. The maximum Gasteiger partial charge on any atom is 0.308 e. The molecule has 0 saturated heterocycles. The first-order valence-corrected chi connectivity index (χ1v) is 8.33. The van der Waals surface area contributed by atoms with E-state index in [-0.39, 0.29) is 23.8 Å². The van der Waals surface area contributed by atoms with Gasteiger partial charge >= 0.3 is 5.97 Å². The van der Waals surface area contributed by atoms with Crippen molar-refractivity contribution in [1.82, 2.24) is 10.3 Å². The maximum absolute atomic E-state index is 12.3. The number of amides is 1. The van der Waals surface area contributed by atoms with E-state index >= 15 is 0 Å². The highest BCUT2D eigenvalue weighted by atomic mass is 32.1. The quantitative estimate of drug-likeness (QED) is 0.841. The summed E-state index contributed by atoms with van der Waals surface area (Å²) in [5.74, 6) is -1.39. The first-order valence-electron chi connectivity index (χ1n) is 7.51. The molecule has 5 nitrogen and oxygen atoms in total. The highest BCUT2D eigenvalue weighted by molar-refractivity contribution is 7.14. The standard InChI is InChI=1S/C16H26N2O3S/c1-9(2)7-11(14(20)21)8-17-13(19)12-10(3)18-15(22-12)16(4,5)6/h9,11H,7-8H2,1-6H3,(H,17,19)(H,20,21). The third kappa shape index (κ3) is 5.09. The van der Waals surface area contributed by atoms with Gasteiger partial charge in [0, 0.05) is 12.0 Å². The molecule has 0 aliphatic carbocycles. The third-order valence-corrected chi connectivity index (χ3v) is 4.84. The molecule has 6 heteroatoms. The van der Waals surface area contributed by atoms with E-state index in [2.05, 4.69) is 31.1 Å². The fraction of sp³-hybridized carbons (Fsp3) is 0.688. The molecule has 0 aliphatic rings. The van der Waals surface area contributed by atoms with E-state index in [9.17, 15) is 14.7 Å². The van der Waals surface area contributed by atoms with Crippen molar-refractivity contribution in [2.24, 2.45) is 11.8 Å². The summed E-state index contributed by atoms with van der Waals surface area (Å²) in [5, 5.41) is 12.9. The smallest absolute Gasteiger partial charge is 0.308 e. The van der Waals surface area contributed by atoms with Crippen LogP contribution in [0.25, 0.3) is 0 Å². The average molecular weight is 326 g/mol. The summed E-state index contributed by atoms with van der Waals surface area (Å²) in [6.45, 7) is 12.1. The van der Waals surface area contributed by atoms with E-state index in [0.717, 1.165) is 5.01 Å². The Morgan fingerprint density at radius 3 is 2.32 bits per heavy atom. The summed E-state index contributed by atoms with van der Waals surface area (Å²) in [5.41, 5.74) is 0.595. The second kappa shape index (κ2) is 7.22. The number of hydrogen-bond acceptors (Lipinski definition) is 4. The largest absolute Gasteiger partial charge is 0.481 e. The van der Waals surface area contributed by atoms with Crippen molar-refractivity contribution in [3.63, 3.8) is 0 Å².